The van der Waals surface area contributed by atoms with Gasteiger partial charge in [-0.15, -0.1) is 0 Å². The van der Waals surface area contributed by atoms with E-state index in [0.717, 1.165) is 24.0 Å². The molecule has 2 heteroatoms. The molecular weight excluding hydrogens is 416 g/mol. The summed E-state index contributed by atoms with van der Waals surface area (Å²) in [4.78, 5) is 0. The summed E-state index contributed by atoms with van der Waals surface area (Å²) in [5.41, 5.74) is 6.30. The molecule has 34 heavy (non-hydrogen) atoms. The predicted octanol–water partition coefficient (Wildman–Crippen LogP) is 8.06. The molecule has 168 valence electrons. The molecule has 2 nitrogen and oxygen atoms in total. The highest BCUT2D eigenvalue weighted by Crippen LogP contribution is 2.59. The highest BCUT2D eigenvalue weighted by atomic mass is 16.8. The maximum absolute atomic E-state index is 6.90. The van der Waals surface area contributed by atoms with Crippen molar-refractivity contribution in [1.82, 2.24) is 0 Å². The first-order chi connectivity index (χ1) is 16.6. The van der Waals surface area contributed by atoms with Crippen LogP contribution in [-0.2, 0) is 20.9 Å². The van der Waals surface area contributed by atoms with E-state index in [9.17, 15) is 0 Å². The Morgan fingerprint density at radius 2 is 1.09 bits per heavy atom. The number of hydrogen-bond acceptors (Lipinski definition) is 2. The molecule has 0 amide bonds. The lowest BCUT2D eigenvalue weighted by Gasteiger charge is -2.40. The third-order valence-electron chi connectivity index (χ3n) is 7.22. The van der Waals surface area contributed by atoms with Crippen LogP contribution >= 0.6 is 0 Å². The summed E-state index contributed by atoms with van der Waals surface area (Å²) in [6.45, 7) is 6.63. The third-order valence-corrected chi connectivity index (χ3v) is 7.22. The van der Waals surface area contributed by atoms with Crippen LogP contribution in [-0.4, -0.2) is 0 Å². The molecule has 0 radical (unpaired) electrons. The highest BCUT2D eigenvalue weighted by Gasteiger charge is 2.60. The molecule has 4 aromatic rings. The van der Waals surface area contributed by atoms with Crippen molar-refractivity contribution in [3.63, 3.8) is 0 Å². The van der Waals surface area contributed by atoms with Crippen LogP contribution in [0.15, 0.2) is 122 Å². The molecule has 2 heterocycles. The Bertz CT molecular complexity index is 1310. The largest absolute Gasteiger partial charge is 0.459 e. The van der Waals surface area contributed by atoms with Gasteiger partial charge in [-0.2, -0.15) is 0 Å². The van der Waals surface area contributed by atoms with Crippen LogP contribution in [0.3, 0.4) is 0 Å². The third kappa shape index (κ3) is 3.38. The second-order valence-electron chi connectivity index (χ2n) is 9.61. The van der Waals surface area contributed by atoms with Crippen molar-refractivity contribution in [2.75, 3.05) is 0 Å². The number of rotatable bonds is 4. The lowest BCUT2D eigenvalue weighted by atomic mass is 9.78. The van der Waals surface area contributed by atoms with Gasteiger partial charge in [-0.1, -0.05) is 123 Å². The lowest BCUT2D eigenvalue weighted by molar-refractivity contribution is -0.234. The van der Waals surface area contributed by atoms with Crippen LogP contribution < -0.4 is 0 Å². The minimum atomic E-state index is -0.804. The summed E-state index contributed by atoms with van der Waals surface area (Å²) in [7, 11) is 0. The quantitative estimate of drug-likeness (QED) is 0.317. The van der Waals surface area contributed by atoms with Crippen molar-refractivity contribution in [2.24, 2.45) is 5.92 Å². The van der Waals surface area contributed by atoms with Gasteiger partial charge in [-0.25, -0.2) is 0 Å². The smallest absolute Gasteiger partial charge is 0.238 e. The zero-order valence-electron chi connectivity index (χ0n) is 19.4. The standard InChI is InChI=1S/C32H28O2/c1-23-21-31(29-17-13-27(14-18-29)25-9-5-3-6-10-25)24(2)33-32(22-23,34-31)30-19-15-28(16-20-30)26-11-7-4-8-12-26/h3-20,23H,2,21-22H2,1H3/t23-,31?,32?/m1/s1. The van der Waals surface area contributed by atoms with Gasteiger partial charge in [0.15, 0.2) is 5.60 Å². The Morgan fingerprint density at radius 3 is 1.62 bits per heavy atom. The van der Waals surface area contributed by atoms with Gasteiger partial charge in [0, 0.05) is 12.0 Å². The molecule has 0 aliphatic carbocycles. The van der Waals surface area contributed by atoms with E-state index < -0.39 is 11.4 Å². The lowest BCUT2D eigenvalue weighted by Crippen LogP contribution is -2.41. The van der Waals surface area contributed by atoms with Crippen LogP contribution in [0.1, 0.15) is 30.9 Å². The van der Waals surface area contributed by atoms with E-state index >= 15 is 0 Å². The Kier molecular flexibility index (Phi) is 4.93. The van der Waals surface area contributed by atoms with Crippen LogP contribution in [0.4, 0.5) is 0 Å². The molecule has 2 saturated heterocycles. The molecule has 2 fully saturated rings. The summed E-state index contributed by atoms with van der Waals surface area (Å²) in [6.07, 6.45) is 1.67. The van der Waals surface area contributed by atoms with Crippen LogP contribution in [0, 0.1) is 5.92 Å². The summed E-state index contributed by atoms with van der Waals surface area (Å²) in [6, 6.07) is 38.1. The van der Waals surface area contributed by atoms with E-state index in [1.807, 2.05) is 12.1 Å². The maximum Gasteiger partial charge on any atom is 0.238 e. The van der Waals surface area contributed by atoms with Crippen LogP contribution in [0.2, 0.25) is 0 Å². The van der Waals surface area contributed by atoms with Gasteiger partial charge in [0.1, 0.15) is 5.76 Å². The first-order valence-corrected chi connectivity index (χ1v) is 12.0. The molecule has 2 unspecified atom stereocenters. The topological polar surface area (TPSA) is 18.5 Å². The summed E-state index contributed by atoms with van der Waals surface area (Å²) in [5.74, 6) is 0.328. The molecule has 0 saturated carbocycles. The van der Waals surface area contributed by atoms with E-state index in [4.69, 9.17) is 9.47 Å². The fourth-order valence-corrected chi connectivity index (χ4v) is 5.58. The molecule has 0 aromatic heterocycles. The number of ether oxygens (including phenoxy) is 2. The van der Waals surface area contributed by atoms with Gasteiger partial charge in [0.05, 0.1) is 0 Å². The summed E-state index contributed by atoms with van der Waals surface area (Å²) in [5, 5.41) is 0. The van der Waals surface area contributed by atoms with E-state index in [2.05, 4.69) is 111 Å². The highest BCUT2D eigenvalue weighted by molar-refractivity contribution is 5.65. The van der Waals surface area contributed by atoms with Gasteiger partial charge in [0.25, 0.3) is 0 Å². The first kappa shape index (κ1) is 20.9. The zero-order chi connectivity index (χ0) is 23.2. The molecule has 0 spiro atoms. The second-order valence-corrected chi connectivity index (χ2v) is 9.61. The van der Waals surface area contributed by atoms with E-state index in [0.29, 0.717) is 11.7 Å². The predicted molar refractivity (Wildman–Crippen MR) is 137 cm³/mol. The average Bonchev–Trinajstić information content (AvgIpc) is 3.11. The van der Waals surface area contributed by atoms with Gasteiger partial charge in [0.2, 0.25) is 5.79 Å². The molecule has 2 aliphatic heterocycles. The number of hydrogen-bond donors (Lipinski definition) is 0. The van der Waals surface area contributed by atoms with E-state index in [-0.39, 0.29) is 0 Å². The molecule has 0 N–H and O–H groups in total. The fourth-order valence-electron chi connectivity index (χ4n) is 5.58. The van der Waals surface area contributed by atoms with Crippen LogP contribution in [0.5, 0.6) is 0 Å². The minimum Gasteiger partial charge on any atom is -0.459 e. The average molecular weight is 445 g/mol. The van der Waals surface area contributed by atoms with Crippen molar-refractivity contribution in [2.45, 2.75) is 31.2 Å². The maximum atomic E-state index is 6.90. The first-order valence-electron chi connectivity index (χ1n) is 12.0. The Hall–Kier alpha value is -3.62. The van der Waals surface area contributed by atoms with Crippen LogP contribution in [0.25, 0.3) is 22.3 Å². The molecular formula is C32H28O2. The molecule has 3 atom stereocenters. The molecule has 6 rings (SSSR count). The summed E-state index contributed by atoms with van der Waals surface area (Å²) < 4.78 is 13.4. The van der Waals surface area contributed by atoms with Gasteiger partial charge in [-0.3, -0.25) is 0 Å². The Labute approximate surface area is 201 Å². The normalized spacial score (nSPS) is 25.7. The molecule has 4 aromatic carbocycles. The van der Waals surface area contributed by atoms with E-state index in [1.165, 1.54) is 22.3 Å². The second kappa shape index (κ2) is 8.00. The Balaban J connectivity index is 1.34. The van der Waals surface area contributed by atoms with Crippen molar-refractivity contribution in [3.05, 3.63) is 133 Å². The molecule has 2 bridgehead atoms. The minimum absolute atomic E-state index is 0.426. The fraction of sp³-hybridized carbons (Fsp3) is 0.188. The van der Waals surface area contributed by atoms with E-state index in [1.54, 1.807) is 0 Å². The Morgan fingerprint density at radius 1 is 0.618 bits per heavy atom. The van der Waals surface area contributed by atoms with Gasteiger partial charge < -0.3 is 9.47 Å². The van der Waals surface area contributed by atoms with Crippen molar-refractivity contribution in [1.29, 1.82) is 0 Å². The summed E-state index contributed by atoms with van der Waals surface area (Å²) >= 11 is 0. The van der Waals surface area contributed by atoms with Crippen molar-refractivity contribution < 1.29 is 9.47 Å². The SMILES string of the molecule is C=C1OC2(c3ccc(-c4ccccc4)cc3)C[C@H](C)CC1(c1ccc(-c3ccccc3)cc1)O2. The van der Waals surface area contributed by atoms with Gasteiger partial charge >= 0.3 is 0 Å². The monoisotopic (exact) mass is 444 g/mol. The zero-order valence-corrected chi connectivity index (χ0v) is 19.4. The number of fused-ring (bicyclic) bond motifs is 2. The van der Waals surface area contributed by atoms with Gasteiger partial charge in [-0.05, 0) is 40.2 Å². The number of benzene rings is 4. The van der Waals surface area contributed by atoms with Crippen molar-refractivity contribution in [3.8, 4) is 22.3 Å². The van der Waals surface area contributed by atoms with Crippen molar-refractivity contribution >= 4 is 0 Å². The molecule has 2 aliphatic rings.